The normalized spacial score (nSPS) is 15.8. The molecule has 4 amide bonds. The van der Waals surface area contributed by atoms with E-state index < -0.39 is 53.8 Å². The molecule has 8 N–H and O–H groups in total. The number of aliphatic carboxylic acids is 1. The standard InChI is InChI=1S/C19H35N5O6S/c1-5-10(4)15(19(29)30)24-16(26)11(6-7-13(20)25)22-17(27)12(8-31)23-18(28)14(21)9(2)3/h9-12,14-15,31H,5-8,21H2,1-4H3,(H2,20,25)(H,22,27)(H,23,28)(H,24,26)(H,29,30). The van der Waals surface area contributed by atoms with Crippen molar-refractivity contribution >= 4 is 42.2 Å². The second kappa shape index (κ2) is 13.9. The van der Waals surface area contributed by atoms with E-state index in [9.17, 15) is 29.1 Å². The number of rotatable bonds is 14. The van der Waals surface area contributed by atoms with E-state index in [0.717, 1.165) is 0 Å². The predicted octanol–water partition coefficient (Wildman–Crippen LogP) is -1.25. The lowest BCUT2D eigenvalue weighted by molar-refractivity contribution is -0.144. The molecule has 0 fully saturated rings. The topological polar surface area (TPSA) is 194 Å². The van der Waals surface area contributed by atoms with Crippen LogP contribution in [0.5, 0.6) is 0 Å². The summed E-state index contributed by atoms with van der Waals surface area (Å²) in [6, 6.07) is -4.33. The summed E-state index contributed by atoms with van der Waals surface area (Å²) in [5, 5.41) is 16.7. The van der Waals surface area contributed by atoms with Crippen LogP contribution in [-0.2, 0) is 24.0 Å². The molecule has 5 atom stereocenters. The van der Waals surface area contributed by atoms with E-state index in [-0.39, 0.29) is 30.4 Å². The van der Waals surface area contributed by atoms with Crippen LogP contribution < -0.4 is 27.4 Å². The molecular weight excluding hydrogens is 426 g/mol. The van der Waals surface area contributed by atoms with Gasteiger partial charge in [-0.2, -0.15) is 12.6 Å². The molecule has 0 aromatic carbocycles. The van der Waals surface area contributed by atoms with Gasteiger partial charge >= 0.3 is 5.97 Å². The Bertz CT molecular complexity index is 660. The van der Waals surface area contributed by atoms with Crippen molar-refractivity contribution < 1.29 is 29.1 Å². The van der Waals surface area contributed by atoms with Gasteiger partial charge in [0.2, 0.25) is 23.6 Å². The SMILES string of the molecule is CCC(C)C(NC(=O)C(CCC(N)=O)NC(=O)C(CS)NC(=O)C(N)C(C)C)C(=O)O. The number of primary amides is 1. The molecule has 0 rings (SSSR count). The minimum atomic E-state index is -1.23. The highest BCUT2D eigenvalue weighted by Gasteiger charge is 2.31. The molecule has 0 aliphatic carbocycles. The number of nitrogens with one attached hydrogen (secondary N) is 3. The second-order valence-corrected chi connectivity index (χ2v) is 8.15. The van der Waals surface area contributed by atoms with Crippen LogP contribution in [0, 0.1) is 11.8 Å². The Balaban J connectivity index is 5.40. The fourth-order valence-corrected chi connectivity index (χ4v) is 2.79. The Morgan fingerprint density at radius 2 is 1.45 bits per heavy atom. The molecule has 31 heavy (non-hydrogen) atoms. The smallest absolute Gasteiger partial charge is 0.326 e. The van der Waals surface area contributed by atoms with Gasteiger partial charge in [0.25, 0.3) is 0 Å². The van der Waals surface area contributed by atoms with Crippen LogP contribution in [0.25, 0.3) is 0 Å². The maximum Gasteiger partial charge on any atom is 0.326 e. The number of carboxylic acids is 1. The van der Waals surface area contributed by atoms with Crippen molar-refractivity contribution in [3.63, 3.8) is 0 Å². The third-order valence-electron chi connectivity index (χ3n) is 4.93. The molecule has 0 heterocycles. The second-order valence-electron chi connectivity index (χ2n) is 7.79. The fourth-order valence-electron chi connectivity index (χ4n) is 2.53. The lowest BCUT2D eigenvalue weighted by atomic mass is 9.98. The summed E-state index contributed by atoms with van der Waals surface area (Å²) in [7, 11) is 0. The molecule has 0 aromatic heterocycles. The number of thiol groups is 1. The van der Waals surface area contributed by atoms with Gasteiger partial charge < -0.3 is 32.5 Å². The number of carboxylic acid groups (broad SMARTS) is 1. The maximum atomic E-state index is 12.7. The number of amides is 4. The highest BCUT2D eigenvalue weighted by Crippen LogP contribution is 2.09. The zero-order chi connectivity index (χ0) is 24.3. The molecule has 0 spiro atoms. The van der Waals surface area contributed by atoms with Crippen molar-refractivity contribution in [2.75, 3.05) is 5.75 Å². The third kappa shape index (κ3) is 10.0. The van der Waals surface area contributed by atoms with Gasteiger partial charge in [-0.05, 0) is 18.3 Å². The van der Waals surface area contributed by atoms with E-state index in [0.29, 0.717) is 6.42 Å². The minimum Gasteiger partial charge on any atom is -0.480 e. The van der Waals surface area contributed by atoms with Gasteiger partial charge in [0.15, 0.2) is 0 Å². The highest BCUT2D eigenvalue weighted by atomic mass is 32.1. The van der Waals surface area contributed by atoms with E-state index in [1.807, 2.05) is 0 Å². The molecule has 11 nitrogen and oxygen atoms in total. The summed E-state index contributed by atoms with van der Waals surface area (Å²) >= 11 is 4.06. The summed E-state index contributed by atoms with van der Waals surface area (Å²) < 4.78 is 0. The van der Waals surface area contributed by atoms with Crippen LogP contribution in [0.4, 0.5) is 0 Å². The number of hydrogen-bond donors (Lipinski definition) is 7. The largest absolute Gasteiger partial charge is 0.480 e. The van der Waals surface area contributed by atoms with Gasteiger partial charge in [-0.25, -0.2) is 4.79 Å². The fraction of sp³-hybridized carbons (Fsp3) is 0.737. The summed E-state index contributed by atoms with van der Waals surface area (Å²) in [4.78, 5) is 60.2. The van der Waals surface area contributed by atoms with Crippen molar-refractivity contribution in [3.8, 4) is 0 Å². The number of nitrogens with two attached hydrogens (primary N) is 2. The van der Waals surface area contributed by atoms with Crippen molar-refractivity contribution in [3.05, 3.63) is 0 Å². The van der Waals surface area contributed by atoms with Gasteiger partial charge in [0, 0.05) is 12.2 Å². The van der Waals surface area contributed by atoms with Crippen LogP contribution in [0.1, 0.15) is 47.0 Å². The molecular formula is C19H35N5O6S. The number of carbonyl (C=O) groups excluding carboxylic acids is 4. The molecule has 12 heteroatoms. The molecule has 0 aliphatic rings. The molecule has 0 aliphatic heterocycles. The first kappa shape index (κ1) is 28.7. The van der Waals surface area contributed by atoms with Crippen molar-refractivity contribution in [2.24, 2.45) is 23.3 Å². The Morgan fingerprint density at radius 3 is 1.87 bits per heavy atom. The van der Waals surface area contributed by atoms with Crippen molar-refractivity contribution in [1.82, 2.24) is 16.0 Å². The first-order valence-corrected chi connectivity index (χ1v) is 10.8. The van der Waals surface area contributed by atoms with Crippen LogP contribution in [0.3, 0.4) is 0 Å². The summed E-state index contributed by atoms with van der Waals surface area (Å²) in [6.07, 6.45) is 0.146. The highest BCUT2D eigenvalue weighted by molar-refractivity contribution is 7.80. The molecule has 0 bridgehead atoms. The van der Waals surface area contributed by atoms with Crippen LogP contribution >= 0.6 is 12.6 Å². The van der Waals surface area contributed by atoms with E-state index in [1.54, 1.807) is 27.7 Å². The summed E-state index contributed by atoms with van der Waals surface area (Å²) in [5.74, 6) is -4.55. The molecule has 5 unspecified atom stereocenters. The molecule has 0 saturated carbocycles. The van der Waals surface area contributed by atoms with E-state index >= 15 is 0 Å². The van der Waals surface area contributed by atoms with Gasteiger partial charge in [-0.3, -0.25) is 19.2 Å². The van der Waals surface area contributed by atoms with Crippen molar-refractivity contribution in [1.29, 1.82) is 0 Å². The van der Waals surface area contributed by atoms with Crippen molar-refractivity contribution in [2.45, 2.75) is 71.1 Å². The third-order valence-corrected chi connectivity index (χ3v) is 5.29. The van der Waals surface area contributed by atoms with E-state index in [2.05, 4.69) is 28.6 Å². The molecule has 0 saturated heterocycles. The first-order valence-electron chi connectivity index (χ1n) is 10.1. The first-order chi connectivity index (χ1) is 14.3. The number of carbonyl (C=O) groups is 5. The van der Waals surface area contributed by atoms with Crippen LogP contribution in [0.2, 0.25) is 0 Å². The summed E-state index contributed by atoms with van der Waals surface area (Å²) in [6.45, 7) is 6.95. The molecule has 0 radical (unpaired) electrons. The Labute approximate surface area is 187 Å². The quantitative estimate of drug-likeness (QED) is 0.157. The predicted molar refractivity (Wildman–Crippen MR) is 118 cm³/mol. The lowest BCUT2D eigenvalue weighted by Crippen LogP contribution is -2.58. The maximum absolute atomic E-state index is 12.7. The summed E-state index contributed by atoms with van der Waals surface area (Å²) in [5.41, 5.74) is 10.9. The molecule has 0 aromatic rings. The average molecular weight is 462 g/mol. The zero-order valence-electron chi connectivity index (χ0n) is 18.4. The zero-order valence-corrected chi connectivity index (χ0v) is 19.3. The lowest BCUT2D eigenvalue weighted by Gasteiger charge is -2.26. The van der Waals surface area contributed by atoms with Gasteiger partial charge in [0.05, 0.1) is 6.04 Å². The average Bonchev–Trinajstić information content (AvgIpc) is 2.70. The monoisotopic (exact) mass is 461 g/mol. The Hall–Kier alpha value is -2.34. The Morgan fingerprint density at radius 1 is 0.935 bits per heavy atom. The number of hydrogen-bond acceptors (Lipinski definition) is 7. The van der Waals surface area contributed by atoms with Crippen LogP contribution in [-0.4, -0.2) is 64.6 Å². The van der Waals surface area contributed by atoms with Gasteiger partial charge in [-0.1, -0.05) is 34.1 Å². The van der Waals surface area contributed by atoms with E-state index in [1.165, 1.54) is 0 Å². The van der Waals surface area contributed by atoms with Gasteiger partial charge in [0.1, 0.15) is 18.1 Å². The van der Waals surface area contributed by atoms with E-state index in [4.69, 9.17) is 11.5 Å². The minimum absolute atomic E-state index is 0.0723. The van der Waals surface area contributed by atoms with Crippen LogP contribution in [0.15, 0.2) is 0 Å². The van der Waals surface area contributed by atoms with Gasteiger partial charge in [-0.15, -0.1) is 0 Å². The Kier molecular flexibility index (Phi) is 12.8. The molecule has 178 valence electrons.